The summed E-state index contributed by atoms with van der Waals surface area (Å²) < 4.78 is 7.44. The molecule has 5 heteroatoms. The molecule has 0 unspecified atom stereocenters. The lowest BCUT2D eigenvalue weighted by Gasteiger charge is -2.20. The molecule has 0 spiro atoms. The Morgan fingerprint density at radius 3 is 2.71 bits per heavy atom. The van der Waals surface area contributed by atoms with Gasteiger partial charge in [-0.2, -0.15) is 0 Å². The lowest BCUT2D eigenvalue weighted by molar-refractivity contribution is 0.415. The SMILES string of the molecule is COc1ccccc1N(C)c1nc2ccccn2c1CN. The van der Waals surface area contributed by atoms with Crippen LogP contribution in [0.2, 0.25) is 0 Å². The van der Waals surface area contributed by atoms with Gasteiger partial charge in [0.1, 0.15) is 11.4 Å². The molecule has 0 fully saturated rings. The number of rotatable bonds is 4. The third-order valence-electron chi connectivity index (χ3n) is 3.57. The number of methoxy groups -OCH3 is 1. The summed E-state index contributed by atoms with van der Waals surface area (Å²) in [6.07, 6.45) is 1.98. The van der Waals surface area contributed by atoms with Crippen LogP contribution in [0.1, 0.15) is 5.69 Å². The summed E-state index contributed by atoms with van der Waals surface area (Å²) >= 11 is 0. The Kier molecular flexibility index (Phi) is 3.50. The number of nitrogens with zero attached hydrogens (tertiary/aromatic N) is 3. The van der Waals surface area contributed by atoms with Crippen molar-refractivity contribution >= 4 is 17.2 Å². The zero-order valence-corrected chi connectivity index (χ0v) is 12.2. The van der Waals surface area contributed by atoms with E-state index < -0.39 is 0 Å². The average molecular weight is 282 g/mol. The molecule has 0 saturated carbocycles. The third-order valence-corrected chi connectivity index (χ3v) is 3.57. The molecule has 3 rings (SSSR count). The molecule has 0 bridgehead atoms. The molecule has 0 radical (unpaired) electrons. The van der Waals surface area contributed by atoms with E-state index in [1.807, 2.05) is 65.0 Å². The van der Waals surface area contributed by atoms with Crippen LogP contribution in [-0.2, 0) is 6.54 Å². The fourth-order valence-electron chi connectivity index (χ4n) is 2.51. The van der Waals surface area contributed by atoms with Crippen LogP contribution in [0.5, 0.6) is 5.75 Å². The van der Waals surface area contributed by atoms with Crippen molar-refractivity contribution in [2.75, 3.05) is 19.1 Å². The van der Waals surface area contributed by atoms with Crippen molar-refractivity contribution in [1.82, 2.24) is 9.38 Å². The van der Waals surface area contributed by atoms with Crippen LogP contribution in [-0.4, -0.2) is 23.5 Å². The number of benzene rings is 1. The van der Waals surface area contributed by atoms with Gasteiger partial charge in [0.25, 0.3) is 0 Å². The summed E-state index contributed by atoms with van der Waals surface area (Å²) in [5, 5.41) is 0. The highest BCUT2D eigenvalue weighted by molar-refractivity contribution is 5.70. The number of ether oxygens (including phenoxy) is 1. The first-order valence-electron chi connectivity index (χ1n) is 6.79. The van der Waals surface area contributed by atoms with Gasteiger partial charge in [-0.25, -0.2) is 4.98 Å². The van der Waals surface area contributed by atoms with E-state index in [0.29, 0.717) is 6.54 Å². The third kappa shape index (κ3) is 2.21. The largest absolute Gasteiger partial charge is 0.495 e. The molecule has 3 aromatic rings. The molecule has 0 aliphatic rings. The van der Waals surface area contributed by atoms with E-state index in [9.17, 15) is 0 Å². The zero-order chi connectivity index (χ0) is 14.8. The maximum Gasteiger partial charge on any atom is 0.156 e. The van der Waals surface area contributed by atoms with Crippen molar-refractivity contribution in [2.45, 2.75) is 6.54 Å². The molecular formula is C16H18N4O. The molecule has 21 heavy (non-hydrogen) atoms. The van der Waals surface area contributed by atoms with E-state index in [4.69, 9.17) is 10.5 Å². The summed E-state index contributed by atoms with van der Waals surface area (Å²) in [7, 11) is 3.64. The van der Waals surface area contributed by atoms with Gasteiger partial charge in [-0.15, -0.1) is 0 Å². The molecule has 5 nitrogen and oxygen atoms in total. The van der Waals surface area contributed by atoms with E-state index in [-0.39, 0.29) is 0 Å². The minimum Gasteiger partial charge on any atom is -0.495 e. The molecule has 0 atom stereocenters. The molecular weight excluding hydrogens is 264 g/mol. The van der Waals surface area contributed by atoms with Crippen molar-refractivity contribution < 1.29 is 4.74 Å². The highest BCUT2D eigenvalue weighted by Gasteiger charge is 2.17. The van der Waals surface area contributed by atoms with Crippen LogP contribution in [0, 0.1) is 0 Å². The lowest BCUT2D eigenvalue weighted by atomic mass is 10.2. The summed E-state index contributed by atoms with van der Waals surface area (Å²) in [5.41, 5.74) is 8.74. The summed E-state index contributed by atoms with van der Waals surface area (Å²) in [6.45, 7) is 0.417. The van der Waals surface area contributed by atoms with Gasteiger partial charge in [0, 0.05) is 19.8 Å². The number of nitrogens with two attached hydrogens (primary N) is 1. The van der Waals surface area contributed by atoms with Crippen LogP contribution in [0.15, 0.2) is 48.7 Å². The van der Waals surface area contributed by atoms with Crippen LogP contribution < -0.4 is 15.4 Å². The zero-order valence-electron chi connectivity index (χ0n) is 12.2. The first-order chi connectivity index (χ1) is 10.3. The Hall–Kier alpha value is -2.53. The number of hydrogen-bond acceptors (Lipinski definition) is 4. The van der Waals surface area contributed by atoms with Crippen molar-refractivity contribution in [3.05, 3.63) is 54.4 Å². The Morgan fingerprint density at radius 1 is 1.19 bits per heavy atom. The number of fused-ring (bicyclic) bond motifs is 1. The fourth-order valence-corrected chi connectivity index (χ4v) is 2.51. The average Bonchev–Trinajstić information content (AvgIpc) is 2.92. The van der Waals surface area contributed by atoms with Gasteiger partial charge in [-0.1, -0.05) is 18.2 Å². The maximum atomic E-state index is 5.93. The van der Waals surface area contributed by atoms with Gasteiger partial charge >= 0.3 is 0 Å². The molecule has 2 heterocycles. The van der Waals surface area contributed by atoms with Gasteiger partial charge in [-0.05, 0) is 24.3 Å². The van der Waals surface area contributed by atoms with Crippen molar-refractivity contribution in [2.24, 2.45) is 5.73 Å². The highest BCUT2D eigenvalue weighted by Crippen LogP contribution is 2.33. The van der Waals surface area contributed by atoms with E-state index in [2.05, 4.69) is 4.98 Å². The molecule has 0 aliphatic heterocycles. The molecule has 0 saturated heterocycles. The van der Waals surface area contributed by atoms with E-state index in [1.165, 1.54) is 0 Å². The molecule has 1 aromatic carbocycles. The molecule has 0 amide bonds. The van der Waals surface area contributed by atoms with Gasteiger partial charge in [0.15, 0.2) is 5.82 Å². The number of aromatic nitrogens is 2. The Balaban J connectivity index is 2.15. The lowest BCUT2D eigenvalue weighted by Crippen LogP contribution is -2.15. The number of para-hydroxylation sites is 2. The second-order valence-corrected chi connectivity index (χ2v) is 4.75. The Labute approximate surface area is 123 Å². The van der Waals surface area contributed by atoms with Crippen LogP contribution >= 0.6 is 0 Å². The molecule has 0 aliphatic carbocycles. The topological polar surface area (TPSA) is 55.8 Å². The molecule has 2 N–H and O–H groups in total. The Bertz CT molecular complexity index is 766. The predicted molar refractivity (Wildman–Crippen MR) is 84.1 cm³/mol. The van der Waals surface area contributed by atoms with Gasteiger partial charge < -0.3 is 19.8 Å². The monoisotopic (exact) mass is 282 g/mol. The van der Waals surface area contributed by atoms with Crippen molar-refractivity contribution in [1.29, 1.82) is 0 Å². The number of pyridine rings is 1. The van der Waals surface area contributed by atoms with Crippen LogP contribution in [0.3, 0.4) is 0 Å². The van der Waals surface area contributed by atoms with Crippen LogP contribution in [0.25, 0.3) is 5.65 Å². The van der Waals surface area contributed by atoms with Crippen LogP contribution in [0.4, 0.5) is 11.5 Å². The van der Waals surface area contributed by atoms with Gasteiger partial charge in [-0.3, -0.25) is 0 Å². The second-order valence-electron chi connectivity index (χ2n) is 4.75. The van der Waals surface area contributed by atoms with Gasteiger partial charge in [0.2, 0.25) is 0 Å². The second kappa shape index (κ2) is 5.46. The normalized spacial score (nSPS) is 10.8. The van der Waals surface area contributed by atoms with E-state index in [1.54, 1.807) is 7.11 Å². The summed E-state index contributed by atoms with van der Waals surface area (Å²) in [5.74, 6) is 1.65. The fraction of sp³-hybridized carbons (Fsp3) is 0.188. The highest BCUT2D eigenvalue weighted by atomic mass is 16.5. The summed E-state index contributed by atoms with van der Waals surface area (Å²) in [6, 6.07) is 13.8. The standard InChI is InChI=1S/C16H18N4O/c1-19(12-7-3-4-8-14(12)21-2)16-13(11-17)20-10-6-5-9-15(20)18-16/h3-10H,11,17H2,1-2H3. The number of hydrogen-bond donors (Lipinski definition) is 1. The first-order valence-corrected chi connectivity index (χ1v) is 6.79. The molecule has 2 aromatic heterocycles. The first kappa shape index (κ1) is 13.5. The Morgan fingerprint density at radius 2 is 1.95 bits per heavy atom. The number of imidazole rings is 1. The van der Waals surface area contributed by atoms with E-state index >= 15 is 0 Å². The minimum absolute atomic E-state index is 0.417. The van der Waals surface area contributed by atoms with Gasteiger partial charge in [0.05, 0.1) is 18.5 Å². The predicted octanol–water partition coefficient (Wildman–Crippen LogP) is 2.57. The quantitative estimate of drug-likeness (QED) is 0.799. The number of anilines is 2. The smallest absolute Gasteiger partial charge is 0.156 e. The summed E-state index contributed by atoms with van der Waals surface area (Å²) in [4.78, 5) is 6.70. The minimum atomic E-state index is 0.417. The van der Waals surface area contributed by atoms with Crippen molar-refractivity contribution in [3.8, 4) is 5.75 Å². The maximum absolute atomic E-state index is 5.93. The van der Waals surface area contributed by atoms with E-state index in [0.717, 1.165) is 28.6 Å². The van der Waals surface area contributed by atoms with Crippen molar-refractivity contribution in [3.63, 3.8) is 0 Å². The molecule has 108 valence electrons.